The fourth-order valence-corrected chi connectivity index (χ4v) is 1.62. The standard InChI is InChI=1S/C14H22N2O2/c1-3-18-13-7-5-4-6-12(13)8-9-14(17)16-10-11(2)15/h4-7,11H,3,8-10,15H2,1-2H3,(H,16,17). The van der Waals surface area contributed by atoms with Gasteiger partial charge in [0.15, 0.2) is 0 Å². The van der Waals surface area contributed by atoms with Crippen LogP contribution in [0.25, 0.3) is 0 Å². The van der Waals surface area contributed by atoms with Crippen molar-refractivity contribution in [2.24, 2.45) is 5.73 Å². The number of para-hydroxylation sites is 1. The topological polar surface area (TPSA) is 64.3 Å². The third-order valence-corrected chi connectivity index (χ3v) is 2.52. The highest BCUT2D eigenvalue weighted by atomic mass is 16.5. The molecule has 0 aromatic heterocycles. The minimum absolute atomic E-state index is 0.00957. The van der Waals surface area contributed by atoms with Crippen molar-refractivity contribution in [3.8, 4) is 5.75 Å². The van der Waals surface area contributed by atoms with E-state index in [2.05, 4.69) is 5.32 Å². The van der Waals surface area contributed by atoms with E-state index in [0.29, 0.717) is 26.0 Å². The maximum absolute atomic E-state index is 11.6. The summed E-state index contributed by atoms with van der Waals surface area (Å²) in [6, 6.07) is 7.80. The molecule has 1 aromatic carbocycles. The number of carbonyl (C=O) groups excluding carboxylic acids is 1. The smallest absolute Gasteiger partial charge is 0.220 e. The number of aryl methyl sites for hydroxylation is 1. The van der Waals surface area contributed by atoms with E-state index in [1.807, 2.05) is 38.1 Å². The molecule has 0 aliphatic rings. The Morgan fingerprint density at radius 2 is 2.17 bits per heavy atom. The minimum Gasteiger partial charge on any atom is -0.494 e. The van der Waals surface area contributed by atoms with Crippen LogP contribution in [-0.2, 0) is 11.2 Å². The zero-order chi connectivity index (χ0) is 13.4. The Kier molecular flexibility index (Phi) is 6.22. The number of amides is 1. The van der Waals surface area contributed by atoms with Gasteiger partial charge in [0, 0.05) is 19.0 Å². The molecule has 1 rings (SSSR count). The van der Waals surface area contributed by atoms with Gasteiger partial charge in [-0.2, -0.15) is 0 Å². The SMILES string of the molecule is CCOc1ccccc1CCC(=O)NCC(C)N. The van der Waals surface area contributed by atoms with Crippen molar-refractivity contribution in [1.82, 2.24) is 5.32 Å². The van der Waals surface area contributed by atoms with Gasteiger partial charge in [0.1, 0.15) is 5.75 Å². The van der Waals surface area contributed by atoms with Gasteiger partial charge in [0.25, 0.3) is 0 Å². The van der Waals surface area contributed by atoms with Crippen LogP contribution in [0.2, 0.25) is 0 Å². The highest BCUT2D eigenvalue weighted by molar-refractivity contribution is 5.76. The lowest BCUT2D eigenvalue weighted by molar-refractivity contribution is -0.121. The Morgan fingerprint density at radius 3 is 2.83 bits per heavy atom. The van der Waals surface area contributed by atoms with E-state index in [0.717, 1.165) is 11.3 Å². The van der Waals surface area contributed by atoms with Gasteiger partial charge < -0.3 is 15.8 Å². The van der Waals surface area contributed by atoms with Crippen molar-refractivity contribution in [2.45, 2.75) is 32.7 Å². The number of rotatable bonds is 7. The molecule has 0 aliphatic carbocycles. The molecule has 0 spiro atoms. The molecule has 1 aromatic rings. The summed E-state index contributed by atoms with van der Waals surface area (Å²) in [5.41, 5.74) is 6.64. The van der Waals surface area contributed by atoms with Crippen molar-refractivity contribution in [2.75, 3.05) is 13.2 Å². The molecule has 1 atom stereocenters. The Morgan fingerprint density at radius 1 is 1.44 bits per heavy atom. The Bertz CT molecular complexity index is 378. The van der Waals surface area contributed by atoms with Crippen LogP contribution in [0.4, 0.5) is 0 Å². The number of ether oxygens (including phenoxy) is 1. The Balaban J connectivity index is 2.45. The first-order valence-electron chi connectivity index (χ1n) is 6.36. The molecular weight excluding hydrogens is 228 g/mol. The van der Waals surface area contributed by atoms with Gasteiger partial charge in [-0.15, -0.1) is 0 Å². The lowest BCUT2D eigenvalue weighted by Crippen LogP contribution is -2.35. The van der Waals surface area contributed by atoms with Gasteiger partial charge in [-0.1, -0.05) is 18.2 Å². The molecule has 0 bridgehead atoms. The highest BCUT2D eigenvalue weighted by Crippen LogP contribution is 2.19. The van der Waals surface area contributed by atoms with E-state index in [1.54, 1.807) is 0 Å². The summed E-state index contributed by atoms with van der Waals surface area (Å²) in [6.45, 7) is 4.97. The quantitative estimate of drug-likeness (QED) is 0.770. The summed E-state index contributed by atoms with van der Waals surface area (Å²) < 4.78 is 5.52. The van der Waals surface area contributed by atoms with Crippen LogP contribution in [0.5, 0.6) is 5.75 Å². The van der Waals surface area contributed by atoms with Crippen molar-refractivity contribution >= 4 is 5.91 Å². The van der Waals surface area contributed by atoms with E-state index in [4.69, 9.17) is 10.5 Å². The van der Waals surface area contributed by atoms with Crippen LogP contribution >= 0.6 is 0 Å². The number of nitrogens with one attached hydrogen (secondary N) is 1. The van der Waals surface area contributed by atoms with Crippen molar-refractivity contribution in [1.29, 1.82) is 0 Å². The average Bonchev–Trinajstić information content (AvgIpc) is 2.35. The van der Waals surface area contributed by atoms with Crippen LogP contribution in [0.15, 0.2) is 24.3 Å². The van der Waals surface area contributed by atoms with Crippen LogP contribution in [0.3, 0.4) is 0 Å². The van der Waals surface area contributed by atoms with Crippen LogP contribution < -0.4 is 15.8 Å². The number of carbonyl (C=O) groups is 1. The largest absolute Gasteiger partial charge is 0.494 e. The third-order valence-electron chi connectivity index (χ3n) is 2.52. The lowest BCUT2D eigenvalue weighted by Gasteiger charge is -2.10. The van der Waals surface area contributed by atoms with Crippen LogP contribution in [0.1, 0.15) is 25.8 Å². The first-order valence-corrected chi connectivity index (χ1v) is 6.36. The molecule has 0 saturated heterocycles. The maximum Gasteiger partial charge on any atom is 0.220 e. The lowest BCUT2D eigenvalue weighted by atomic mass is 10.1. The van der Waals surface area contributed by atoms with Gasteiger partial charge in [-0.3, -0.25) is 4.79 Å². The zero-order valence-electron chi connectivity index (χ0n) is 11.1. The molecule has 3 N–H and O–H groups in total. The van der Waals surface area contributed by atoms with Gasteiger partial charge >= 0.3 is 0 Å². The van der Waals surface area contributed by atoms with Crippen LogP contribution in [-0.4, -0.2) is 25.1 Å². The molecule has 0 saturated carbocycles. The fraction of sp³-hybridized carbons (Fsp3) is 0.500. The summed E-state index contributed by atoms with van der Waals surface area (Å²) in [5.74, 6) is 0.888. The minimum atomic E-state index is -0.00957. The molecule has 18 heavy (non-hydrogen) atoms. The van der Waals surface area contributed by atoms with Crippen molar-refractivity contribution in [3.63, 3.8) is 0 Å². The molecule has 0 aliphatic heterocycles. The molecule has 1 amide bonds. The molecule has 100 valence electrons. The Hall–Kier alpha value is -1.55. The fourth-order valence-electron chi connectivity index (χ4n) is 1.62. The van der Waals surface area contributed by atoms with Crippen LogP contribution in [0, 0.1) is 0 Å². The first kappa shape index (κ1) is 14.5. The average molecular weight is 250 g/mol. The predicted molar refractivity (Wildman–Crippen MR) is 72.6 cm³/mol. The number of hydrogen-bond acceptors (Lipinski definition) is 3. The molecule has 4 heteroatoms. The first-order chi connectivity index (χ1) is 8.63. The van der Waals surface area contributed by atoms with Crippen molar-refractivity contribution < 1.29 is 9.53 Å². The summed E-state index contributed by atoms with van der Waals surface area (Å²) in [5, 5.41) is 2.80. The van der Waals surface area contributed by atoms with E-state index >= 15 is 0 Å². The van der Waals surface area contributed by atoms with Crippen molar-refractivity contribution in [3.05, 3.63) is 29.8 Å². The second kappa shape index (κ2) is 7.71. The van der Waals surface area contributed by atoms with Gasteiger partial charge in [-0.25, -0.2) is 0 Å². The third kappa shape index (κ3) is 5.19. The summed E-state index contributed by atoms with van der Waals surface area (Å²) in [6.07, 6.45) is 1.14. The van der Waals surface area contributed by atoms with E-state index in [9.17, 15) is 4.79 Å². The zero-order valence-corrected chi connectivity index (χ0v) is 11.1. The molecule has 4 nitrogen and oxygen atoms in total. The van der Waals surface area contributed by atoms with E-state index in [1.165, 1.54) is 0 Å². The van der Waals surface area contributed by atoms with Gasteiger partial charge in [-0.05, 0) is 31.9 Å². The highest BCUT2D eigenvalue weighted by Gasteiger charge is 2.06. The van der Waals surface area contributed by atoms with Gasteiger partial charge in [0.2, 0.25) is 5.91 Å². The second-order valence-electron chi connectivity index (χ2n) is 4.32. The molecule has 0 heterocycles. The van der Waals surface area contributed by atoms with Gasteiger partial charge in [0.05, 0.1) is 6.61 Å². The monoisotopic (exact) mass is 250 g/mol. The van der Waals surface area contributed by atoms with E-state index < -0.39 is 0 Å². The molecule has 0 fully saturated rings. The summed E-state index contributed by atoms with van der Waals surface area (Å²) in [4.78, 5) is 11.6. The molecule has 0 radical (unpaired) electrons. The summed E-state index contributed by atoms with van der Waals surface area (Å²) >= 11 is 0. The molecule has 1 unspecified atom stereocenters. The Labute approximate surface area is 109 Å². The molecular formula is C14H22N2O2. The predicted octanol–water partition coefficient (Wildman–Crippen LogP) is 1.48. The maximum atomic E-state index is 11.6. The summed E-state index contributed by atoms with van der Waals surface area (Å²) in [7, 11) is 0. The number of hydrogen-bond donors (Lipinski definition) is 2. The number of benzene rings is 1. The normalized spacial score (nSPS) is 11.9. The van der Waals surface area contributed by atoms with E-state index in [-0.39, 0.29) is 11.9 Å². The second-order valence-corrected chi connectivity index (χ2v) is 4.32. The number of nitrogens with two attached hydrogens (primary N) is 1.